The van der Waals surface area contributed by atoms with Crippen LogP contribution in [0.3, 0.4) is 0 Å². The molecular formula is C20H20N2O4. The number of para-hydroxylation sites is 2. The van der Waals surface area contributed by atoms with Crippen molar-refractivity contribution >= 4 is 22.8 Å². The molecule has 0 spiro atoms. The molecular weight excluding hydrogens is 332 g/mol. The van der Waals surface area contributed by atoms with Crippen LogP contribution >= 0.6 is 0 Å². The third kappa shape index (κ3) is 3.69. The minimum absolute atomic E-state index is 0.290. The number of rotatable bonds is 6. The third-order valence-electron chi connectivity index (χ3n) is 4.11. The van der Waals surface area contributed by atoms with Crippen molar-refractivity contribution in [3.63, 3.8) is 0 Å². The second kappa shape index (κ2) is 7.74. The molecule has 0 radical (unpaired) electrons. The van der Waals surface area contributed by atoms with Crippen LogP contribution in [0.1, 0.15) is 22.8 Å². The van der Waals surface area contributed by atoms with Gasteiger partial charge in [-0.1, -0.05) is 36.4 Å². The summed E-state index contributed by atoms with van der Waals surface area (Å²) in [5.41, 5.74) is 2.09. The first-order valence-electron chi connectivity index (χ1n) is 8.27. The summed E-state index contributed by atoms with van der Waals surface area (Å²) in [4.78, 5) is 27.6. The topological polar surface area (TPSA) is 80.4 Å². The molecule has 2 aromatic carbocycles. The van der Waals surface area contributed by atoms with Crippen LogP contribution in [0.5, 0.6) is 5.75 Å². The molecule has 26 heavy (non-hydrogen) atoms. The van der Waals surface area contributed by atoms with E-state index in [1.54, 1.807) is 20.2 Å². The van der Waals surface area contributed by atoms with Crippen LogP contribution in [0.2, 0.25) is 0 Å². The molecule has 0 fully saturated rings. The summed E-state index contributed by atoms with van der Waals surface area (Å²) >= 11 is 0. The van der Waals surface area contributed by atoms with Gasteiger partial charge >= 0.3 is 5.97 Å². The number of hydrogen-bond acceptors (Lipinski definition) is 4. The Morgan fingerprint density at radius 1 is 1.12 bits per heavy atom. The van der Waals surface area contributed by atoms with Crippen molar-refractivity contribution in [1.29, 1.82) is 0 Å². The molecule has 0 unspecified atom stereocenters. The Balaban J connectivity index is 1.61. The van der Waals surface area contributed by atoms with E-state index in [9.17, 15) is 9.59 Å². The normalized spacial score (nSPS) is 11.8. The van der Waals surface area contributed by atoms with Crippen molar-refractivity contribution < 1.29 is 19.1 Å². The number of ether oxygens (including phenoxy) is 2. The minimum atomic E-state index is -0.911. The molecule has 0 aliphatic rings. The molecule has 134 valence electrons. The Kier molecular flexibility index (Phi) is 5.22. The van der Waals surface area contributed by atoms with E-state index >= 15 is 0 Å². The fourth-order valence-electron chi connectivity index (χ4n) is 2.69. The lowest BCUT2D eigenvalue weighted by Gasteiger charge is -2.14. The molecule has 6 nitrogen and oxygen atoms in total. The first-order valence-corrected chi connectivity index (χ1v) is 8.27. The number of aromatic nitrogens is 1. The summed E-state index contributed by atoms with van der Waals surface area (Å²) in [6.07, 6.45) is 0.679. The van der Waals surface area contributed by atoms with Crippen molar-refractivity contribution in [2.24, 2.45) is 0 Å². The average Bonchev–Trinajstić information content (AvgIpc) is 3.10. The second-order valence-corrected chi connectivity index (χ2v) is 5.83. The zero-order valence-electron chi connectivity index (χ0n) is 14.6. The quantitative estimate of drug-likeness (QED) is 0.668. The van der Waals surface area contributed by atoms with Crippen molar-refractivity contribution in [3.05, 3.63) is 65.9 Å². The predicted molar refractivity (Wildman–Crippen MR) is 98.0 cm³/mol. The Morgan fingerprint density at radius 2 is 1.85 bits per heavy atom. The van der Waals surface area contributed by atoms with Gasteiger partial charge in [0.1, 0.15) is 5.75 Å². The predicted octanol–water partition coefficient (Wildman–Crippen LogP) is 3.04. The summed E-state index contributed by atoms with van der Waals surface area (Å²) in [5, 5.41) is 3.52. The number of esters is 1. The molecule has 3 aromatic rings. The molecule has 0 saturated heterocycles. The van der Waals surface area contributed by atoms with Crippen molar-refractivity contribution in [1.82, 2.24) is 10.3 Å². The molecule has 1 heterocycles. The van der Waals surface area contributed by atoms with Gasteiger partial charge in [0.15, 0.2) is 6.10 Å². The number of carbonyl (C=O) groups is 2. The lowest BCUT2D eigenvalue weighted by atomic mass is 10.2. The van der Waals surface area contributed by atoms with Gasteiger partial charge in [-0.15, -0.1) is 0 Å². The first-order chi connectivity index (χ1) is 12.6. The van der Waals surface area contributed by atoms with E-state index in [0.717, 1.165) is 16.5 Å². The van der Waals surface area contributed by atoms with Crippen LogP contribution in [0, 0.1) is 0 Å². The fourth-order valence-corrected chi connectivity index (χ4v) is 2.69. The van der Waals surface area contributed by atoms with E-state index in [4.69, 9.17) is 9.47 Å². The maximum atomic E-state index is 12.4. The van der Waals surface area contributed by atoms with E-state index in [1.807, 2.05) is 48.5 Å². The highest BCUT2D eigenvalue weighted by atomic mass is 16.5. The van der Waals surface area contributed by atoms with E-state index in [2.05, 4.69) is 10.3 Å². The van der Waals surface area contributed by atoms with Gasteiger partial charge < -0.3 is 19.8 Å². The summed E-state index contributed by atoms with van der Waals surface area (Å²) in [5.74, 6) is -0.220. The number of methoxy groups -OCH3 is 1. The molecule has 2 N–H and O–H groups in total. The van der Waals surface area contributed by atoms with Crippen LogP contribution in [-0.2, 0) is 16.1 Å². The number of benzene rings is 2. The van der Waals surface area contributed by atoms with Gasteiger partial charge in [0.25, 0.3) is 5.91 Å². The van der Waals surface area contributed by atoms with Crippen molar-refractivity contribution in [2.45, 2.75) is 19.6 Å². The van der Waals surface area contributed by atoms with Gasteiger partial charge in [-0.05, 0) is 19.1 Å². The first kappa shape index (κ1) is 17.5. The molecule has 0 aliphatic heterocycles. The lowest BCUT2D eigenvalue weighted by Crippen LogP contribution is -2.35. The number of amides is 1. The van der Waals surface area contributed by atoms with Crippen LogP contribution < -0.4 is 10.1 Å². The number of carbonyl (C=O) groups excluding carboxylic acids is 2. The van der Waals surface area contributed by atoms with Gasteiger partial charge in [-0.3, -0.25) is 4.79 Å². The van der Waals surface area contributed by atoms with Crippen LogP contribution in [0.15, 0.2) is 54.7 Å². The number of fused-ring (bicyclic) bond motifs is 1. The highest BCUT2D eigenvalue weighted by Gasteiger charge is 2.21. The van der Waals surface area contributed by atoms with Gasteiger partial charge in [-0.2, -0.15) is 0 Å². The van der Waals surface area contributed by atoms with Crippen molar-refractivity contribution in [2.75, 3.05) is 7.11 Å². The average molecular weight is 352 g/mol. The van der Waals surface area contributed by atoms with Gasteiger partial charge in [0, 0.05) is 29.2 Å². The molecule has 1 aromatic heterocycles. The van der Waals surface area contributed by atoms with E-state index in [-0.39, 0.29) is 12.5 Å². The number of H-pyrrole nitrogens is 1. The molecule has 6 heteroatoms. The molecule has 1 amide bonds. The number of aromatic amines is 1. The molecule has 0 aliphatic carbocycles. The maximum Gasteiger partial charge on any atom is 0.341 e. The minimum Gasteiger partial charge on any atom is -0.496 e. The number of hydrogen-bond donors (Lipinski definition) is 2. The Morgan fingerprint density at radius 3 is 2.65 bits per heavy atom. The standard InChI is InChI=1S/C20H20N2O4/c1-13(19(23)22-11-14-7-3-6-10-18(14)25-2)26-20(24)16-12-21-17-9-5-4-8-15(16)17/h3-10,12-13,21H,11H2,1-2H3,(H,22,23)/t13-/m1/s1. The zero-order valence-corrected chi connectivity index (χ0v) is 14.6. The Bertz CT molecular complexity index is 932. The molecule has 0 saturated carbocycles. The zero-order chi connectivity index (χ0) is 18.5. The monoisotopic (exact) mass is 352 g/mol. The van der Waals surface area contributed by atoms with Crippen LogP contribution in [0.4, 0.5) is 0 Å². The Hall–Kier alpha value is -3.28. The fraction of sp³-hybridized carbons (Fsp3) is 0.200. The Labute approximate surface area is 151 Å². The van der Waals surface area contributed by atoms with Crippen LogP contribution in [-0.4, -0.2) is 30.1 Å². The van der Waals surface area contributed by atoms with Crippen molar-refractivity contribution in [3.8, 4) is 5.75 Å². The molecule has 0 bridgehead atoms. The summed E-state index contributed by atoms with van der Waals surface area (Å²) in [6, 6.07) is 14.8. The van der Waals surface area contributed by atoms with E-state index < -0.39 is 12.1 Å². The number of nitrogens with one attached hydrogen (secondary N) is 2. The smallest absolute Gasteiger partial charge is 0.341 e. The SMILES string of the molecule is COc1ccccc1CNC(=O)[C@@H](C)OC(=O)c1c[nH]c2ccccc12. The van der Waals surface area contributed by atoms with Gasteiger partial charge in [0.2, 0.25) is 0 Å². The largest absolute Gasteiger partial charge is 0.496 e. The van der Waals surface area contributed by atoms with Crippen LogP contribution in [0.25, 0.3) is 10.9 Å². The summed E-state index contributed by atoms with van der Waals surface area (Å²) in [7, 11) is 1.58. The second-order valence-electron chi connectivity index (χ2n) is 5.83. The lowest BCUT2D eigenvalue weighted by molar-refractivity contribution is -0.129. The molecule has 3 rings (SSSR count). The summed E-state index contributed by atoms with van der Waals surface area (Å²) in [6.45, 7) is 1.84. The third-order valence-corrected chi connectivity index (χ3v) is 4.11. The maximum absolute atomic E-state index is 12.4. The van der Waals surface area contributed by atoms with E-state index in [0.29, 0.717) is 11.3 Å². The highest BCUT2D eigenvalue weighted by molar-refractivity contribution is 6.04. The highest BCUT2D eigenvalue weighted by Crippen LogP contribution is 2.19. The summed E-state index contributed by atoms with van der Waals surface area (Å²) < 4.78 is 10.6. The van der Waals surface area contributed by atoms with E-state index in [1.165, 1.54) is 0 Å². The molecule has 1 atom stereocenters. The van der Waals surface area contributed by atoms with Gasteiger partial charge in [0.05, 0.1) is 12.7 Å². The van der Waals surface area contributed by atoms with Gasteiger partial charge in [-0.25, -0.2) is 4.79 Å².